The number of piperidine rings is 1. The Bertz CT molecular complexity index is 639. The molecule has 7 nitrogen and oxygen atoms in total. The Morgan fingerprint density at radius 1 is 1.35 bits per heavy atom. The van der Waals surface area contributed by atoms with Crippen molar-refractivity contribution in [1.29, 1.82) is 0 Å². The van der Waals surface area contributed by atoms with Crippen molar-refractivity contribution in [1.82, 2.24) is 25.1 Å². The molecule has 1 saturated heterocycles. The molecule has 122 valence electrons. The zero-order valence-electron chi connectivity index (χ0n) is 13.2. The molecule has 1 amide bonds. The van der Waals surface area contributed by atoms with Crippen LogP contribution in [0.5, 0.6) is 0 Å². The molecule has 2 aromatic rings. The maximum Gasteiger partial charge on any atom is 0.227 e. The van der Waals surface area contributed by atoms with Crippen molar-refractivity contribution < 1.29 is 9.90 Å². The first-order valence-corrected chi connectivity index (χ1v) is 7.95. The van der Waals surface area contributed by atoms with Crippen LogP contribution in [0.2, 0.25) is 0 Å². The number of hydrogen-bond donors (Lipinski definition) is 1. The molecule has 7 heteroatoms. The van der Waals surface area contributed by atoms with Gasteiger partial charge in [0, 0.05) is 6.54 Å². The summed E-state index contributed by atoms with van der Waals surface area (Å²) in [5, 5.41) is 20.9. The number of aliphatic hydroxyl groups is 1. The lowest BCUT2D eigenvalue weighted by atomic mass is 9.97. The van der Waals surface area contributed by atoms with Crippen molar-refractivity contribution in [2.24, 2.45) is 0 Å². The largest absolute Gasteiger partial charge is 0.391 e. The van der Waals surface area contributed by atoms with Gasteiger partial charge in [-0.3, -0.25) is 4.79 Å². The number of aromatic nitrogens is 4. The van der Waals surface area contributed by atoms with Gasteiger partial charge in [0.05, 0.1) is 24.3 Å². The second-order valence-corrected chi connectivity index (χ2v) is 5.99. The van der Waals surface area contributed by atoms with Gasteiger partial charge in [0.2, 0.25) is 5.91 Å². The van der Waals surface area contributed by atoms with E-state index in [0.29, 0.717) is 6.42 Å². The number of carbonyl (C=O) groups is 1. The van der Waals surface area contributed by atoms with E-state index < -0.39 is 6.10 Å². The van der Waals surface area contributed by atoms with E-state index in [1.165, 1.54) is 6.33 Å². The fourth-order valence-electron chi connectivity index (χ4n) is 3.09. The summed E-state index contributed by atoms with van der Waals surface area (Å²) in [5.41, 5.74) is 1.80. The van der Waals surface area contributed by atoms with E-state index in [1.807, 2.05) is 29.2 Å². The number of tetrazole rings is 1. The molecule has 1 aliphatic heterocycles. The summed E-state index contributed by atoms with van der Waals surface area (Å²) in [5.74, 6) is 0.0748. The minimum Gasteiger partial charge on any atom is -0.391 e. The summed E-state index contributed by atoms with van der Waals surface area (Å²) in [6, 6.07) is 7.55. The first-order chi connectivity index (χ1) is 11.1. The normalized spacial score (nSPS) is 19.6. The smallest absolute Gasteiger partial charge is 0.227 e. The summed E-state index contributed by atoms with van der Waals surface area (Å²) < 4.78 is 1.57. The van der Waals surface area contributed by atoms with E-state index in [0.717, 1.165) is 37.1 Å². The minimum absolute atomic E-state index is 0.0586. The first kappa shape index (κ1) is 15.6. The summed E-state index contributed by atoms with van der Waals surface area (Å²) in [6.45, 7) is 2.49. The van der Waals surface area contributed by atoms with Gasteiger partial charge >= 0.3 is 0 Å². The summed E-state index contributed by atoms with van der Waals surface area (Å²) in [4.78, 5) is 14.4. The van der Waals surface area contributed by atoms with Crippen LogP contribution in [-0.2, 0) is 11.2 Å². The molecule has 1 fully saturated rings. The van der Waals surface area contributed by atoms with Gasteiger partial charge < -0.3 is 10.0 Å². The Balaban J connectivity index is 1.67. The van der Waals surface area contributed by atoms with Gasteiger partial charge in [-0.05, 0) is 54.3 Å². The zero-order chi connectivity index (χ0) is 16.2. The lowest BCUT2D eigenvalue weighted by molar-refractivity contribution is -0.136. The Labute approximate surface area is 134 Å². The van der Waals surface area contributed by atoms with Gasteiger partial charge in [0.15, 0.2) is 0 Å². The minimum atomic E-state index is -0.485. The van der Waals surface area contributed by atoms with Crippen LogP contribution < -0.4 is 0 Å². The molecule has 3 rings (SSSR count). The topological polar surface area (TPSA) is 84.1 Å². The second kappa shape index (κ2) is 6.87. The molecule has 23 heavy (non-hydrogen) atoms. The van der Waals surface area contributed by atoms with Crippen molar-refractivity contribution in [2.45, 2.75) is 44.8 Å². The highest BCUT2D eigenvalue weighted by molar-refractivity contribution is 5.79. The molecule has 0 bridgehead atoms. The highest BCUT2D eigenvalue weighted by atomic mass is 16.3. The predicted octanol–water partition coefficient (Wildman–Crippen LogP) is 0.967. The van der Waals surface area contributed by atoms with Crippen molar-refractivity contribution in [3.8, 4) is 5.69 Å². The summed E-state index contributed by atoms with van der Waals surface area (Å²) in [7, 11) is 0. The van der Waals surface area contributed by atoms with Crippen molar-refractivity contribution in [2.75, 3.05) is 6.54 Å². The number of amides is 1. The molecular formula is C16H21N5O2. The second-order valence-electron chi connectivity index (χ2n) is 5.99. The van der Waals surface area contributed by atoms with Crippen molar-refractivity contribution in [3.63, 3.8) is 0 Å². The fraction of sp³-hybridized carbons (Fsp3) is 0.500. The number of carbonyl (C=O) groups excluding carboxylic acids is 1. The van der Waals surface area contributed by atoms with Crippen molar-refractivity contribution in [3.05, 3.63) is 36.2 Å². The Kier molecular flexibility index (Phi) is 4.66. The number of hydrogen-bond acceptors (Lipinski definition) is 5. The molecule has 0 spiro atoms. The third kappa shape index (κ3) is 3.56. The average molecular weight is 315 g/mol. The standard InChI is InChI=1S/C16H21N5O2/c1-12(22)15-4-2-3-9-20(15)16(23)10-13-5-7-14(8-6-13)21-11-17-18-19-21/h5-8,11-12,15,22H,2-4,9-10H2,1H3. The maximum atomic E-state index is 12.6. The third-order valence-corrected chi connectivity index (χ3v) is 4.33. The molecule has 2 heterocycles. The monoisotopic (exact) mass is 315 g/mol. The van der Waals surface area contributed by atoms with Gasteiger partial charge in [-0.25, -0.2) is 4.68 Å². The third-order valence-electron chi connectivity index (χ3n) is 4.33. The van der Waals surface area contributed by atoms with Crippen LogP contribution in [0.3, 0.4) is 0 Å². The molecule has 1 N–H and O–H groups in total. The highest BCUT2D eigenvalue weighted by Gasteiger charge is 2.29. The molecule has 0 aliphatic carbocycles. The number of aliphatic hydroxyl groups excluding tert-OH is 1. The highest BCUT2D eigenvalue weighted by Crippen LogP contribution is 2.21. The maximum absolute atomic E-state index is 12.6. The van der Waals surface area contributed by atoms with Crippen LogP contribution in [0, 0.1) is 0 Å². The number of nitrogens with zero attached hydrogens (tertiary/aromatic N) is 5. The SMILES string of the molecule is CC(O)C1CCCCN1C(=O)Cc1ccc(-n2cnnn2)cc1. The molecule has 0 saturated carbocycles. The van der Waals surface area contributed by atoms with Crippen molar-refractivity contribution >= 4 is 5.91 Å². The lowest BCUT2D eigenvalue weighted by Crippen LogP contribution is -2.49. The van der Waals surface area contributed by atoms with E-state index in [2.05, 4.69) is 15.5 Å². The summed E-state index contributed by atoms with van der Waals surface area (Å²) in [6.07, 6.45) is 4.34. The van der Waals surface area contributed by atoms with Crippen LogP contribution in [0.15, 0.2) is 30.6 Å². The Hall–Kier alpha value is -2.28. The van der Waals surface area contributed by atoms with Gasteiger partial charge in [-0.1, -0.05) is 12.1 Å². The van der Waals surface area contributed by atoms with Gasteiger partial charge in [0.1, 0.15) is 6.33 Å². The molecular weight excluding hydrogens is 294 g/mol. The van der Waals surface area contributed by atoms with E-state index in [-0.39, 0.29) is 11.9 Å². The van der Waals surface area contributed by atoms with Crippen LogP contribution in [0.1, 0.15) is 31.7 Å². The molecule has 1 aromatic carbocycles. The van der Waals surface area contributed by atoms with Crippen LogP contribution >= 0.6 is 0 Å². The van der Waals surface area contributed by atoms with E-state index >= 15 is 0 Å². The predicted molar refractivity (Wildman–Crippen MR) is 83.9 cm³/mol. The summed E-state index contributed by atoms with van der Waals surface area (Å²) >= 11 is 0. The molecule has 0 radical (unpaired) electrons. The zero-order valence-corrected chi connectivity index (χ0v) is 13.2. The molecule has 1 aromatic heterocycles. The number of rotatable bonds is 4. The number of benzene rings is 1. The number of likely N-dealkylation sites (tertiary alicyclic amines) is 1. The average Bonchev–Trinajstić information content (AvgIpc) is 3.10. The molecule has 2 atom stereocenters. The van der Waals surface area contributed by atoms with E-state index in [1.54, 1.807) is 11.6 Å². The first-order valence-electron chi connectivity index (χ1n) is 7.95. The fourth-order valence-corrected chi connectivity index (χ4v) is 3.09. The molecule has 1 aliphatic rings. The van der Waals surface area contributed by atoms with Crippen LogP contribution in [-0.4, -0.2) is 54.8 Å². The Morgan fingerprint density at radius 3 is 2.78 bits per heavy atom. The van der Waals surface area contributed by atoms with Gasteiger partial charge in [-0.2, -0.15) is 0 Å². The van der Waals surface area contributed by atoms with Crippen LogP contribution in [0.4, 0.5) is 0 Å². The molecule has 2 unspecified atom stereocenters. The van der Waals surface area contributed by atoms with Crippen LogP contribution in [0.25, 0.3) is 5.69 Å². The van der Waals surface area contributed by atoms with E-state index in [9.17, 15) is 9.90 Å². The Morgan fingerprint density at radius 2 is 2.13 bits per heavy atom. The van der Waals surface area contributed by atoms with Gasteiger partial charge in [-0.15, -0.1) is 5.10 Å². The van der Waals surface area contributed by atoms with Gasteiger partial charge in [0.25, 0.3) is 0 Å². The van der Waals surface area contributed by atoms with E-state index in [4.69, 9.17) is 0 Å². The quantitative estimate of drug-likeness (QED) is 0.909. The lowest BCUT2D eigenvalue weighted by Gasteiger charge is -2.37.